The molecule has 192 valence electrons. The molecular weight excluding hydrogens is 571 g/mol. The molecule has 0 fully saturated rings. The van der Waals surface area contributed by atoms with E-state index in [-0.39, 0.29) is 28.2 Å². The Balaban J connectivity index is 1.57. The SMILES string of the molecule is Cc1oc2cc(OC(=O)C(C)Oc3c(F)c(F)c(F)c(F)c3F)ccc2c(=O)c1Oc1ccccc1Br. The minimum absolute atomic E-state index is 0.0283. The molecule has 0 radical (unpaired) electrons. The van der Waals surface area contributed by atoms with E-state index in [1.54, 1.807) is 24.3 Å². The molecule has 3 aromatic carbocycles. The normalized spacial score (nSPS) is 11.9. The third-order valence-electron chi connectivity index (χ3n) is 5.05. The third-order valence-corrected chi connectivity index (χ3v) is 5.71. The monoisotopic (exact) mass is 584 g/mol. The summed E-state index contributed by atoms with van der Waals surface area (Å²) in [6.45, 7) is 2.47. The maximum absolute atomic E-state index is 13.8. The summed E-state index contributed by atoms with van der Waals surface area (Å²) >= 11 is 3.32. The quantitative estimate of drug-likeness (QED) is 0.0823. The van der Waals surface area contributed by atoms with Crippen LogP contribution >= 0.6 is 15.9 Å². The number of esters is 1. The van der Waals surface area contributed by atoms with Crippen LogP contribution in [-0.2, 0) is 4.79 Å². The van der Waals surface area contributed by atoms with Crippen molar-refractivity contribution in [2.45, 2.75) is 20.0 Å². The van der Waals surface area contributed by atoms with Crippen LogP contribution in [0.5, 0.6) is 23.0 Å². The Morgan fingerprint density at radius 2 is 1.54 bits per heavy atom. The first-order valence-electron chi connectivity index (χ1n) is 10.4. The van der Waals surface area contributed by atoms with E-state index in [0.717, 1.165) is 6.92 Å². The smallest absolute Gasteiger partial charge is 0.352 e. The van der Waals surface area contributed by atoms with Gasteiger partial charge in [0.15, 0.2) is 11.9 Å². The van der Waals surface area contributed by atoms with Crippen LogP contribution in [0.2, 0.25) is 0 Å². The molecule has 37 heavy (non-hydrogen) atoms. The number of carbonyl (C=O) groups excluding carboxylic acids is 1. The van der Waals surface area contributed by atoms with Gasteiger partial charge in [0.25, 0.3) is 0 Å². The molecule has 1 atom stereocenters. The van der Waals surface area contributed by atoms with Crippen molar-refractivity contribution in [3.63, 3.8) is 0 Å². The Bertz CT molecular complexity index is 1570. The van der Waals surface area contributed by atoms with Crippen molar-refractivity contribution in [2.24, 2.45) is 0 Å². The fourth-order valence-corrected chi connectivity index (χ4v) is 3.57. The highest BCUT2D eigenvalue weighted by Crippen LogP contribution is 2.32. The van der Waals surface area contributed by atoms with E-state index < -0.39 is 52.3 Å². The zero-order valence-corrected chi connectivity index (χ0v) is 20.4. The number of hydrogen-bond donors (Lipinski definition) is 0. The summed E-state index contributed by atoms with van der Waals surface area (Å²) in [7, 11) is 0. The number of benzene rings is 3. The number of halogens is 6. The molecule has 4 rings (SSSR count). The standard InChI is InChI=1S/C25H14BrF5O6/c1-10-23(37-15-6-4-3-5-14(15)26)22(32)13-8-7-12(9-16(13)34-10)36-25(33)11(2)35-24-20(30)18(28)17(27)19(29)21(24)31/h3-9,11H,1-2H3. The molecule has 4 aromatic rings. The molecule has 6 nitrogen and oxygen atoms in total. The van der Waals surface area contributed by atoms with Crippen LogP contribution in [0.4, 0.5) is 22.0 Å². The molecule has 0 saturated carbocycles. The van der Waals surface area contributed by atoms with Gasteiger partial charge in [0.2, 0.25) is 40.3 Å². The number of ether oxygens (including phenoxy) is 3. The highest BCUT2D eigenvalue weighted by molar-refractivity contribution is 9.10. The molecule has 0 N–H and O–H groups in total. The molecule has 0 aliphatic heterocycles. The van der Waals surface area contributed by atoms with Crippen molar-refractivity contribution in [1.29, 1.82) is 0 Å². The molecule has 0 amide bonds. The van der Waals surface area contributed by atoms with Gasteiger partial charge in [-0.05, 0) is 54.0 Å². The lowest BCUT2D eigenvalue weighted by atomic mass is 10.2. The van der Waals surface area contributed by atoms with Crippen LogP contribution in [0.25, 0.3) is 11.0 Å². The Morgan fingerprint density at radius 3 is 2.19 bits per heavy atom. The first kappa shape index (κ1) is 26.1. The van der Waals surface area contributed by atoms with Gasteiger partial charge in [-0.15, -0.1) is 0 Å². The second-order valence-electron chi connectivity index (χ2n) is 7.59. The van der Waals surface area contributed by atoms with E-state index in [4.69, 9.17) is 13.9 Å². The van der Waals surface area contributed by atoms with Gasteiger partial charge in [-0.3, -0.25) is 4.79 Å². The molecule has 0 saturated heterocycles. The number of carbonyl (C=O) groups is 1. The maximum atomic E-state index is 13.8. The van der Waals surface area contributed by atoms with Crippen LogP contribution < -0.4 is 19.6 Å². The first-order chi connectivity index (χ1) is 17.5. The number of aryl methyl sites for hydroxylation is 1. The summed E-state index contributed by atoms with van der Waals surface area (Å²) in [5, 5.41) is 0.0955. The average Bonchev–Trinajstić information content (AvgIpc) is 2.87. The average molecular weight is 585 g/mol. The molecule has 1 unspecified atom stereocenters. The van der Waals surface area contributed by atoms with Gasteiger partial charge in [0.05, 0.1) is 9.86 Å². The Labute approximate surface area is 213 Å². The minimum Gasteiger partial charge on any atom is -0.473 e. The second kappa shape index (κ2) is 10.2. The lowest BCUT2D eigenvalue weighted by Gasteiger charge is -2.16. The van der Waals surface area contributed by atoms with E-state index in [0.29, 0.717) is 10.2 Å². The zero-order valence-electron chi connectivity index (χ0n) is 18.8. The summed E-state index contributed by atoms with van der Waals surface area (Å²) in [5.74, 6) is -13.8. The summed E-state index contributed by atoms with van der Waals surface area (Å²) in [6.07, 6.45) is -1.78. The minimum atomic E-state index is -2.37. The Morgan fingerprint density at radius 1 is 0.919 bits per heavy atom. The molecule has 1 aromatic heterocycles. The predicted molar refractivity (Wildman–Crippen MR) is 123 cm³/mol. The Hall–Kier alpha value is -3.93. The van der Waals surface area contributed by atoms with Crippen LogP contribution in [-0.4, -0.2) is 12.1 Å². The molecule has 12 heteroatoms. The molecular formula is C25H14BrF5O6. The fourth-order valence-electron chi connectivity index (χ4n) is 3.20. The van der Waals surface area contributed by atoms with Crippen LogP contribution in [0.1, 0.15) is 12.7 Å². The molecule has 0 bridgehead atoms. The second-order valence-corrected chi connectivity index (χ2v) is 8.44. The summed E-state index contributed by atoms with van der Waals surface area (Å²) < 4.78 is 89.4. The van der Waals surface area contributed by atoms with Crippen LogP contribution in [0.15, 0.2) is 56.1 Å². The van der Waals surface area contributed by atoms with Gasteiger partial charge in [-0.2, -0.15) is 8.78 Å². The number of rotatable bonds is 6. The zero-order chi connectivity index (χ0) is 27.0. The van der Waals surface area contributed by atoms with Crippen molar-refractivity contribution in [3.8, 4) is 23.0 Å². The van der Waals surface area contributed by atoms with Crippen molar-refractivity contribution in [2.75, 3.05) is 0 Å². The van der Waals surface area contributed by atoms with Gasteiger partial charge < -0.3 is 18.6 Å². The van der Waals surface area contributed by atoms with Crippen molar-refractivity contribution in [3.05, 3.63) is 92.0 Å². The highest BCUT2D eigenvalue weighted by Gasteiger charge is 2.30. The van der Waals surface area contributed by atoms with Gasteiger partial charge in [0.1, 0.15) is 22.8 Å². The Kier molecular flexibility index (Phi) is 7.21. The van der Waals surface area contributed by atoms with E-state index in [9.17, 15) is 31.5 Å². The van der Waals surface area contributed by atoms with Crippen molar-refractivity contribution >= 4 is 32.9 Å². The number of fused-ring (bicyclic) bond motifs is 1. The largest absolute Gasteiger partial charge is 0.473 e. The van der Waals surface area contributed by atoms with Crippen LogP contribution in [0.3, 0.4) is 0 Å². The number of para-hydroxylation sites is 1. The highest BCUT2D eigenvalue weighted by atomic mass is 79.9. The number of hydrogen-bond acceptors (Lipinski definition) is 6. The van der Waals surface area contributed by atoms with Gasteiger partial charge in [-0.25, -0.2) is 18.0 Å². The lowest BCUT2D eigenvalue weighted by Crippen LogP contribution is -2.29. The fraction of sp³-hybridized carbons (Fsp3) is 0.120. The van der Waals surface area contributed by atoms with Crippen LogP contribution in [0, 0.1) is 36.0 Å². The molecule has 0 spiro atoms. The lowest BCUT2D eigenvalue weighted by molar-refractivity contribution is -0.141. The summed E-state index contributed by atoms with van der Waals surface area (Å²) in [6, 6.07) is 10.6. The molecule has 0 aliphatic carbocycles. The van der Waals surface area contributed by atoms with E-state index >= 15 is 0 Å². The van der Waals surface area contributed by atoms with Gasteiger partial charge in [0, 0.05) is 6.07 Å². The maximum Gasteiger partial charge on any atom is 0.352 e. The summed E-state index contributed by atoms with van der Waals surface area (Å²) in [5.41, 5.74) is -0.476. The van der Waals surface area contributed by atoms with Crippen molar-refractivity contribution in [1.82, 2.24) is 0 Å². The van der Waals surface area contributed by atoms with E-state index in [2.05, 4.69) is 20.7 Å². The topological polar surface area (TPSA) is 75.0 Å². The van der Waals surface area contributed by atoms with E-state index in [1.165, 1.54) is 25.1 Å². The predicted octanol–water partition coefficient (Wildman–Crippen LogP) is 6.72. The van der Waals surface area contributed by atoms with E-state index in [1.807, 2.05) is 0 Å². The molecule has 0 aliphatic rings. The summed E-state index contributed by atoms with van der Waals surface area (Å²) in [4.78, 5) is 25.3. The first-order valence-corrected chi connectivity index (χ1v) is 11.2. The van der Waals surface area contributed by atoms with Gasteiger partial charge >= 0.3 is 5.97 Å². The molecule has 1 heterocycles. The van der Waals surface area contributed by atoms with Gasteiger partial charge in [-0.1, -0.05) is 12.1 Å². The third kappa shape index (κ3) is 5.01. The van der Waals surface area contributed by atoms with Crippen molar-refractivity contribution < 1.29 is 45.4 Å².